The Morgan fingerprint density at radius 2 is 1.43 bits per heavy atom. The maximum absolute atomic E-state index is 13.6. The van der Waals surface area contributed by atoms with Crippen molar-refractivity contribution in [3.05, 3.63) is 107 Å². The van der Waals surface area contributed by atoms with Gasteiger partial charge < -0.3 is 15.8 Å². The largest absolute Gasteiger partial charge is 0.416 e. The van der Waals surface area contributed by atoms with Crippen LogP contribution in [0, 0.1) is 11.8 Å². The van der Waals surface area contributed by atoms with Gasteiger partial charge in [0.25, 0.3) is 0 Å². The third-order valence-electron chi connectivity index (χ3n) is 8.40. The van der Waals surface area contributed by atoms with E-state index >= 15 is 0 Å². The van der Waals surface area contributed by atoms with E-state index in [9.17, 15) is 35.9 Å². The lowest BCUT2D eigenvalue weighted by Crippen LogP contribution is -2.66. The molecule has 0 spiro atoms. The zero-order valence-corrected chi connectivity index (χ0v) is 23.4. The molecule has 2 bridgehead atoms. The topological polar surface area (TPSA) is 84.7 Å². The van der Waals surface area contributed by atoms with Gasteiger partial charge >= 0.3 is 12.4 Å². The number of carbonyl (C=O) groups is 2. The Bertz CT molecular complexity index is 1390. The van der Waals surface area contributed by atoms with Gasteiger partial charge in [0.2, 0.25) is 11.8 Å². The average molecular weight is 620 g/mol. The fraction of sp³-hybridized carbons (Fsp3) is 0.375. The van der Waals surface area contributed by atoms with Gasteiger partial charge in [-0.1, -0.05) is 60.7 Å². The SMILES string of the molecule is NC(=O)CNC(=O)[C@@H]1CN2CC[C@H]1[C@H](OCc1cc(C(F)(F)F)cc(C(F)(F)F)c1)[C@@H]2C(c1ccccc1)c1ccccc1. The molecule has 6 rings (SSSR count). The number of nitrogens with one attached hydrogen (secondary N) is 1. The van der Waals surface area contributed by atoms with Crippen LogP contribution in [0.2, 0.25) is 0 Å². The maximum atomic E-state index is 13.6. The third kappa shape index (κ3) is 6.91. The summed E-state index contributed by atoms with van der Waals surface area (Å²) in [6.07, 6.45) is -10.2. The summed E-state index contributed by atoms with van der Waals surface area (Å²) in [7, 11) is 0. The van der Waals surface area contributed by atoms with Gasteiger partial charge in [-0.3, -0.25) is 14.5 Å². The van der Waals surface area contributed by atoms with Crippen molar-refractivity contribution in [1.29, 1.82) is 0 Å². The lowest BCUT2D eigenvalue weighted by atomic mass is 9.67. The van der Waals surface area contributed by atoms with Crippen molar-refractivity contribution in [2.24, 2.45) is 17.6 Å². The Labute approximate surface area is 250 Å². The van der Waals surface area contributed by atoms with Gasteiger partial charge in [0.05, 0.1) is 36.3 Å². The Hall–Kier alpha value is -3.90. The molecule has 12 heteroatoms. The number of benzene rings is 3. The van der Waals surface area contributed by atoms with Gasteiger partial charge in [-0.15, -0.1) is 0 Å². The minimum absolute atomic E-state index is 0.0838. The minimum Gasteiger partial charge on any atom is -0.372 e. The van der Waals surface area contributed by atoms with Crippen LogP contribution in [0.5, 0.6) is 0 Å². The number of ether oxygens (including phenoxy) is 1. The predicted octanol–water partition coefficient (Wildman–Crippen LogP) is 5.36. The zero-order valence-electron chi connectivity index (χ0n) is 23.4. The van der Waals surface area contributed by atoms with E-state index in [4.69, 9.17) is 10.5 Å². The molecule has 0 radical (unpaired) electrons. The summed E-state index contributed by atoms with van der Waals surface area (Å²) in [6, 6.07) is 20.1. The first-order valence-corrected chi connectivity index (χ1v) is 14.1. The number of nitrogens with zero attached hydrogens (tertiary/aromatic N) is 1. The Morgan fingerprint density at radius 1 is 0.886 bits per heavy atom. The van der Waals surface area contributed by atoms with Crippen molar-refractivity contribution in [3.8, 4) is 0 Å². The molecule has 3 N–H and O–H groups in total. The quantitative estimate of drug-likeness (QED) is 0.316. The first-order chi connectivity index (χ1) is 20.8. The molecule has 3 fully saturated rings. The molecular weight excluding hydrogens is 588 g/mol. The molecule has 3 heterocycles. The summed E-state index contributed by atoms with van der Waals surface area (Å²) in [5.74, 6) is -2.49. The second-order valence-corrected chi connectivity index (χ2v) is 11.2. The van der Waals surface area contributed by atoms with Gasteiger partial charge in [-0.2, -0.15) is 26.3 Å². The lowest BCUT2D eigenvalue weighted by molar-refractivity contribution is -0.161. The van der Waals surface area contributed by atoms with Crippen molar-refractivity contribution >= 4 is 11.8 Å². The maximum Gasteiger partial charge on any atom is 0.416 e. The number of rotatable bonds is 9. The van der Waals surface area contributed by atoms with Crippen molar-refractivity contribution in [3.63, 3.8) is 0 Å². The molecule has 1 unspecified atom stereocenters. The molecule has 234 valence electrons. The number of alkyl halides is 6. The Kier molecular flexibility index (Phi) is 9.03. The molecule has 3 aliphatic rings. The Morgan fingerprint density at radius 3 is 1.93 bits per heavy atom. The lowest BCUT2D eigenvalue weighted by Gasteiger charge is -2.56. The van der Waals surface area contributed by atoms with Crippen LogP contribution in [-0.2, 0) is 33.3 Å². The van der Waals surface area contributed by atoms with Crippen LogP contribution in [0.25, 0.3) is 0 Å². The summed E-state index contributed by atoms with van der Waals surface area (Å²) >= 11 is 0. The molecule has 2 amide bonds. The summed E-state index contributed by atoms with van der Waals surface area (Å²) in [6.45, 7) is 0.0347. The first-order valence-electron chi connectivity index (χ1n) is 14.1. The van der Waals surface area contributed by atoms with Crippen molar-refractivity contribution in [2.75, 3.05) is 19.6 Å². The number of hydrogen-bond acceptors (Lipinski definition) is 4. The first kappa shape index (κ1) is 31.5. The van der Waals surface area contributed by atoms with E-state index in [0.717, 1.165) is 11.1 Å². The smallest absolute Gasteiger partial charge is 0.372 e. The number of hydrogen-bond donors (Lipinski definition) is 2. The summed E-state index contributed by atoms with van der Waals surface area (Å²) in [5, 5.41) is 2.54. The van der Waals surface area contributed by atoms with Crippen molar-refractivity contribution < 1.29 is 40.7 Å². The van der Waals surface area contributed by atoms with Crippen LogP contribution < -0.4 is 11.1 Å². The second kappa shape index (κ2) is 12.6. The molecular formula is C32H31F6N3O3. The molecule has 3 aliphatic heterocycles. The number of nitrogens with two attached hydrogens (primary N) is 1. The number of fused-ring (bicyclic) bond motifs is 3. The van der Waals surface area contributed by atoms with Gasteiger partial charge in [0.1, 0.15) is 0 Å². The minimum atomic E-state index is -5.00. The molecule has 44 heavy (non-hydrogen) atoms. The van der Waals surface area contributed by atoms with Crippen molar-refractivity contribution in [2.45, 2.75) is 43.4 Å². The van der Waals surface area contributed by atoms with Crippen LogP contribution >= 0.6 is 0 Å². The molecule has 0 aliphatic carbocycles. The number of amides is 2. The van der Waals surface area contributed by atoms with Gasteiger partial charge in [0.15, 0.2) is 0 Å². The Balaban J connectivity index is 1.54. The molecule has 3 aromatic carbocycles. The van der Waals surface area contributed by atoms with Gasteiger partial charge in [-0.25, -0.2) is 0 Å². The number of piperidine rings is 3. The standard InChI is InChI=1S/C32H31F6N3O3/c33-31(34,35)22-13-19(14-23(15-22)32(36,37)38)18-44-29-24-11-12-41(17-25(24)30(43)40-16-26(39)42)28(29)27(20-7-3-1-4-8-20)21-9-5-2-6-10-21/h1-10,13-15,24-25,27-29H,11-12,16-18H2,(H2,39,42)(H,40,43)/t24-,25-,28+,29+/m1/s1. The van der Waals surface area contributed by atoms with E-state index in [1.165, 1.54) is 0 Å². The highest BCUT2D eigenvalue weighted by Gasteiger charge is 2.53. The van der Waals surface area contributed by atoms with E-state index in [2.05, 4.69) is 10.2 Å². The molecule has 0 saturated carbocycles. The zero-order chi connectivity index (χ0) is 31.6. The van der Waals surface area contributed by atoms with Crippen LogP contribution in [0.15, 0.2) is 78.9 Å². The molecule has 5 atom stereocenters. The molecule has 3 saturated heterocycles. The fourth-order valence-electron chi connectivity index (χ4n) is 6.53. The van der Waals surface area contributed by atoms with E-state index in [0.29, 0.717) is 31.6 Å². The predicted molar refractivity (Wildman–Crippen MR) is 149 cm³/mol. The fourth-order valence-corrected chi connectivity index (χ4v) is 6.53. The normalized spacial score (nSPS) is 23.5. The molecule has 0 aromatic heterocycles. The highest BCUT2D eigenvalue weighted by molar-refractivity contribution is 5.85. The highest BCUT2D eigenvalue weighted by atomic mass is 19.4. The summed E-state index contributed by atoms with van der Waals surface area (Å²) < 4.78 is 87.8. The van der Waals surface area contributed by atoms with Crippen LogP contribution in [0.3, 0.4) is 0 Å². The van der Waals surface area contributed by atoms with E-state index in [1.807, 2.05) is 60.7 Å². The third-order valence-corrected chi connectivity index (χ3v) is 8.40. The monoisotopic (exact) mass is 619 g/mol. The number of primary amides is 1. The molecule has 3 aromatic rings. The summed E-state index contributed by atoms with van der Waals surface area (Å²) in [5.41, 5.74) is 3.96. The highest BCUT2D eigenvalue weighted by Crippen LogP contribution is 2.46. The van der Waals surface area contributed by atoms with Gasteiger partial charge in [0, 0.05) is 24.4 Å². The van der Waals surface area contributed by atoms with Gasteiger partial charge in [-0.05, 0) is 47.9 Å². The van der Waals surface area contributed by atoms with Crippen molar-refractivity contribution in [1.82, 2.24) is 10.2 Å². The summed E-state index contributed by atoms with van der Waals surface area (Å²) in [4.78, 5) is 26.6. The number of carbonyl (C=O) groups excluding carboxylic acids is 2. The van der Waals surface area contributed by atoms with Crippen LogP contribution in [0.1, 0.15) is 40.2 Å². The van der Waals surface area contributed by atoms with E-state index < -0.39 is 65.9 Å². The van der Waals surface area contributed by atoms with Crippen LogP contribution in [-0.4, -0.2) is 48.5 Å². The van der Waals surface area contributed by atoms with E-state index in [-0.39, 0.29) is 24.1 Å². The second-order valence-electron chi connectivity index (χ2n) is 11.2. The van der Waals surface area contributed by atoms with Crippen LogP contribution in [0.4, 0.5) is 26.3 Å². The number of halogens is 6. The molecule has 6 nitrogen and oxygen atoms in total. The average Bonchev–Trinajstić information content (AvgIpc) is 2.99. The van der Waals surface area contributed by atoms with E-state index in [1.54, 1.807) is 0 Å².